The first-order valence-corrected chi connectivity index (χ1v) is 6.73. The van der Waals surface area contributed by atoms with Crippen LogP contribution in [0.4, 0.5) is 14.5 Å². The van der Waals surface area contributed by atoms with Crippen molar-refractivity contribution in [2.75, 3.05) is 5.32 Å². The van der Waals surface area contributed by atoms with Crippen LogP contribution < -0.4 is 10.6 Å². The van der Waals surface area contributed by atoms with Crippen molar-refractivity contribution >= 4 is 17.5 Å². The average Bonchev–Trinajstić information content (AvgIpc) is 2.56. The van der Waals surface area contributed by atoms with Gasteiger partial charge in [-0.15, -0.1) is 0 Å². The number of aliphatic hydroxyl groups is 1. The molecule has 5 nitrogen and oxygen atoms in total. The Kier molecular flexibility index (Phi) is 5.37. The SMILES string of the molecule is O=C(NCc1ccccc1CO)C(=O)Nc1ccc(F)c(F)c1. The van der Waals surface area contributed by atoms with Crippen molar-refractivity contribution in [3.63, 3.8) is 0 Å². The summed E-state index contributed by atoms with van der Waals surface area (Å²) in [5, 5.41) is 13.7. The van der Waals surface area contributed by atoms with E-state index in [2.05, 4.69) is 10.6 Å². The number of amides is 2. The maximum atomic E-state index is 13.0. The zero-order valence-corrected chi connectivity index (χ0v) is 12.0. The summed E-state index contributed by atoms with van der Waals surface area (Å²) in [5.74, 6) is -4.10. The molecule has 2 aromatic rings. The molecule has 0 aliphatic rings. The normalized spacial score (nSPS) is 10.2. The third-order valence-electron chi connectivity index (χ3n) is 3.11. The highest BCUT2D eigenvalue weighted by molar-refractivity contribution is 6.39. The summed E-state index contributed by atoms with van der Waals surface area (Å²) in [4.78, 5) is 23.4. The minimum atomic E-state index is -1.12. The van der Waals surface area contributed by atoms with E-state index in [0.29, 0.717) is 11.1 Å². The van der Waals surface area contributed by atoms with Crippen molar-refractivity contribution in [1.82, 2.24) is 5.32 Å². The van der Waals surface area contributed by atoms with Crippen LogP contribution in [-0.2, 0) is 22.7 Å². The third-order valence-corrected chi connectivity index (χ3v) is 3.11. The highest BCUT2D eigenvalue weighted by Crippen LogP contribution is 2.13. The van der Waals surface area contributed by atoms with Gasteiger partial charge in [0.25, 0.3) is 0 Å². The van der Waals surface area contributed by atoms with E-state index in [1.54, 1.807) is 24.3 Å². The van der Waals surface area contributed by atoms with Crippen molar-refractivity contribution in [1.29, 1.82) is 0 Å². The Hall–Kier alpha value is -2.80. The van der Waals surface area contributed by atoms with Gasteiger partial charge < -0.3 is 15.7 Å². The molecule has 0 heterocycles. The fourth-order valence-electron chi connectivity index (χ4n) is 1.90. The van der Waals surface area contributed by atoms with Gasteiger partial charge >= 0.3 is 11.8 Å². The average molecular weight is 320 g/mol. The highest BCUT2D eigenvalue weighted by Gasteiger charge is 2.15. The molecule has 23 heavy (non-hydrogen) atoms. The lowest BCUT2D eigenvalue weighted by molar-refractivity contribution is -0.136. The first-order valence-electron chi connectivity index (χ1n) is 6.73. The van der Waals surface area contributed by atoms with Gasteiger partial charge in [-0.2, -0.15) is 0 Å². The van der Waals surface area contributed by atoms with Gasteiger partial charge in [-0.05, 0) is 23.3 Å². The molecule has 0 saturated carbocycles. The second-order valence-electron chi connectivity index (χ2n) is 4.69. The highest BCUT2D eigenvalue weighted by atomic mass is 19.2. The molecule has 0 bridgehead atoms. The number of hydrogen-bond acceptors (Lipinski definition) is 3. The van der Waals surface area contributed by atoms with E-state index < -0.39 is 23.4 Å². The van der Waals surface area contributed by atoms with Crippen LogP contribution in [0.1, 0.15) is 11.1 Å². The van der Waals surface area contributed by atoms with E-state index in [1.807, 2.05) is 0 Å². The number of rotatable bonds is 4. The molecule has 0 spiro atoms. The second kappa shape index (κ2) is 7.46. The molecule has 0 unspecified atom stereocenters. The van der Waals surface area contributed by atoms with Gasteiger partial charge in [0.15, 0.2) is 11.6 Å². The molecule has 0 aliphatic carbocycles. The fourth-order valence-corrected chi connectivity index (χ4v) is 1.90. The van der Waals surface area contributed by atoms with Gasteiger partial charge in [0.05, 0.1) is 6.61 Å². The maximum Gasteiger partial charge on any atom is 0.313 e. The van der Waals surface area contributed by atoms with Crippen LogP contribution in [0.15, 0.2) is 42.5 Å². The molecular weight excluding hydrogens is 306 g/mol. The number of aliphatic hydroxyl groups excluding tert-OH is 1. The molecule has 0 radical (unpaired) electrons. The van der Waals surface area contributed by atoms with E-state index in [1.165, 1.54) is 0 Å². The Labute approximate surface area is 130 Å². The quantitative estimate of drug-likeness (QED) is 0.751. The first kappa shape index (κ1) is 16.6. The van der Waals surface area contributed by atoms with Crippen LogP contribution in [0, 0.1) is 11.6 Å². The third kappa shape index (κ3) is 4.33. The van der Waals surface area contributed by atoms with Crippen LogP contribution in [0.3, 0.4) is 0 Å². The molecule has 2 aromatic carbocycles. The lowest BCUT2D eigenvalue weighted by Gasteiger charge is -2.09. The van der Waals surface area contributed by atoms with Crippen molar-refractivity contribution in [2.45, 2.75) is 13.2 Å². The van der Waals surface area contributed by atoms with Gasteiger partial charge in [-0.3, -0.25) is 9.59 Å². The summed E-state index contributed by atoms with van der Waals surface area (Å²) in [7, 11) is 0. The number of carbonyl (C=O) groups is 2. The van der Waals surface area contributed by atoms with Gasteiger partial charge in [0.1, 0.15) is 0 Å². The van der Waals surface area contributed by atoms with E-state index in [4.69, 9.17) is 0 Å². The second-order valence-corrected chi connectivity index (χ2v) is 4.69. The van der Waals surface area contributed by atoms with Gasteiger partial charge in [0, 0.05) is 18.3 Å². The topological polar surface area (TPSA) is 78.4 Å². The summed E-state index contributed by atoms with van der Waals surface area (Å²) < 4.78 is 25.8. The zero-order chi connectivity index (χ0) is 16.8. The molecule has 0 aliphatic heterocycles. The molecule has 120 valence electrons. The zero-order valence-electron chi connectivity index (χ0n) is 12.0. The van der Waals surface area contributed by atoms with Crippen molar-refractivity contribution in [3.05, 3.63) is 65.2 Å². The van der Waals surface area contributed by atoms with Crippen molar-refractivity contribution in [3.8, 4) is 0 Å². The summed E-state index contributed by atoms with van der Waals surface area (Å²) >= 11 is 0. The molecule has 0 fully saturated rings. The summed E-state index contributed by atoms with van der Waals surface area (Å²) in [5.41, 5.74) is 1.28. The maximum absolute atomic E-state index is 13.0. The van der Waals surface area contributed by atoms with E-state index >= 15 is 0 Å². The molecule has 7 heteroatoms. The van der Waals surface area contributed by atoms with Crippen LogP contribution in [-0.4, -0.2) is 16.9 Å². The summed E-state index contributed by atoms with van der Waals surface area (Å²) in [6.07, 6.45) is 0. The summed E-state index contributed by atoms with van der Waals surface area (Å²) in [6, 6.07) is 9.66. The monoisotopic (exact) mass is 320 g/mol. The van der Waals surface area contributed by atoms with E-state index in [0.717, 1.165) is 18.2 Å². The molecule has 0 atom stereocenters. The lowest BCUT2D eigenvalue weighted by Crippen LogP contribution is -2.35. The number of hydrogen-bond donors (Lipinski definition) is 3. The largest absolute Gasteiger partial charge is 0.392 e. The van der Waals surface area contributed by atoms with Gasteiger partial charge in [0.2, 0.25) is 0 Å². The minimum Gasteiger partial charge on any atom is -0.392 e. The van der Waals surface area contributed by atoms with Crippen LogP contribution in [0.2, 0.25) is 0 Å². The van der Waals surface area contributed by atoms with E-state index in [9.17, 15) is 23.5 Å². The molecule has 0 aromatic heterocycles. The smallest absolute Gasteiger partial charge is 0.313 e. The summed E-state index contributed by atoms with van der Waals surface area (Å²) in [6.45, 7) is -0.131. The Balaban J connectivity index is 1.95. The van der Waals surface area contributed by atoms with Crippen molar-refractivity contribution < 1.29 is 23.5 Å². The van der Waals surface area contributed by atoms with E-state index in [-0.39, 0.29) is 18.8 Å². The molecule has 0 saturated heterocycles. The molecular formula is C16H14F2N2O3. The first-order chi connectivity index (χ1) is 11.0. The number of carbonyl (C=O) groups excluding carboxylic acids is 2. The molecule has 3 N–H and O–H groups in total. The molecule has 2 rings (SSSR count). The predicted molar refractivity (Wildman–Crippen MR) is 79.2 cm³/mol. The number of anilines is 1. The number of nitrogens with one attached hydrogen (secondary N) is 2. The Morgan fingerprint density at radius 1 is 0.957 bits per heavy atom. The van der Waals surface area contributed by atoms with Crippen LogP contribution in [0.5, 0.6) is 0 Å². The Morgan fingerprint density at radius 3 is 2.30 bits per heavy atom. The minimum absolute atomic E-state index is 0.0280. The Bertz CT molecular complexity index is 735. The number of benzene rings is 2. The van der Waals surface area contributed by atoms with Crippen LogP contribution in [0.25, 0.3) is 0 Å². The lowest BCUT2D eigenvalue weighted by atomic mass is 10.1. The standard InChI is InChI=1S/C16H14F2N2O3/c17-13-6-5-12(7-14(13)18)20-16(23)15(22)19-8-10-3-1-2-4-11(10)9-21/h1-7,21H,8-9H2,(H,19,22)(H,20,23). The van der Waals surface area contributed by atoms with Crippen LogP contribution >= 0.6 is 0 Å². The predicted octanol–water partition coefficient (Wildman–Crippen LogP) is 1.71. The van der Waals surface area contributed by atoms with Gasteiger partial charge in [-0.1, -0.05) is 24.3 Å². The fraction of sp³-hybridized carbons (Fsp3) is 0.125. The number of halogens is 2. The van der Waals surface area contributed by atoms with Crippen molar-refractivity contribution in [2.24, 2.45) is 0 Å². The Morgan fingerprint density at radius 2 is 1.65 bits per heavy atom. The van der Waals surface area contributed by atoms with Gasteiger partial charge in [-0.25, -0.2) is 8.78 Å². The molecule has 2 amide bonds.